The van der Waals surface area contributed by atoms with Gasteiger partial charge in [-0.2, -0.15) is 4.39 Å². The third-order valence-corrected chi connectivity index (χ3v) is 1.31. The lowest BCUT2D eigenvalue weighted by atomic mass is 10.4. The predicted molar refractivity (Wildman–Crippen MR) is 32.2 cm³/mol. The Bertz CT molecular complexity index is 147. The quantitative estimate of drug-likeness (QED) is 0.343. The Morgan fingerprint density at radius 2 is 2.18 bits per heavy atom. The minimum atomic E-state index is -2.09. The molecule has 0 aliphatic carbocycles. The third kappa shape index (κ3) is 2.39. The molecule has 1 aliphatic rings. The fourth-order valence-corrected chi connectivity index (χ4v) is 0.788. The Hall–Kier alpha value is -0.750. The lowest BCUT2D eigenvalue weighted by Crippen LogP contribution is -2.21. The number of nitrogens with zero attached hydrogens (tertiary/aromatic N) is 1. The highest BCUT2D eigenvalue weighted by Gasteiger charge is 2.27. The molecule has 0 N–H and O–H groups in total. The molecule has 1 fully saturated rings. The maximum atomic E-state index is 12.3. The van der Waals surface area contributed by atoms with Gasteiger partial charge in [0.05, 0.1) is 24.6 Å². The Labute approximate surface area is 62.2 Å². The molecule has 0 radical (unpaired) electrons. The molecule has 1 rings (SSSR count). The average molecular weight is 165 g/mol. The number of alkyl halides is 1. The SMILES string of the molecule is O=[N+]([O-])C(F)CC1OCCO1. The van der Waals surface area contributed by atoms with Crippen LogP contribution >= 0.6 is 0 Å². The van der Waals surface area contributed by atoms with Gasteiger partial charge in [-0.25, -0.2) is 0 Å². The van der Waals surface area contributed by atoms with Gasteiger partial charge in [-0.05, 0) is 0 Å². The van der Waals surface area contributed by atoms with E-state index in [-0.39, 0.29) is 6.42 Å². The number of halogens is 1. The normalized spacial score (nSPS) is 21.9. The lowest BCUT2D eigenvalue weighted by molar-refractivity contribution is -0.557. The van der Waals surface area contributed by atoms with E-state index in [9.17, 15) is 14.5 Å². The molecule has 64 valence electrons. The summed E-state index contributed by atoms with van der Waals surface area (Å²) < 4.78 is 21.9. The van der Waals surface area contributed by atoms with Crippen LogP contribution in [0.2, 0.25) is 0 Å². The molecule has 0 aromatic heterocycles. The molecule has 1 unspecified atom stereocenters. The van der Waals surface area contributed by atoms with Gasteiger partial charge < -0.3 is 9.47 Å². The molecule has 11 heavy (non-hydrogen) atoms. The first-order valence-corrected chi connectivity index (χ1v) is 3.21. The Balaban J connectivity index is 2.23. The van der Waals surface area contributed by atoms with Crippen molar-refractivity contribution in [1.82, 2.24) is 0 Å². The van der Waals surface area contributed by atoms with Crippen molar-refractivity contribution in [3.63, 3.8) is 0 Å². The highest BCUT2D eigenvalue weighted by molar-refractivity contribution is 4.53. The van der Waals surface area contributed by atoms with Gasteiger partial charge in [0.15, 0.2) is 6.29 Å². The highest BCUT2D eigenvalue weighted by Crippen LogP contribution is 2.12. The van der Waals surface area contributed by atoms with E-state index in [1.165, 1.54) is 0 Å². The zero-order chi connectivity index (χ0) is 8.27. The highest BCUT2D eigenvalue weighted by atomic mass is 19.1. The molecule has 1 aliphatic heterocycles. The van der Waals surface area contributed by atoms with Gasteiger partial charge in [0.1, 0.15) is 0 Å². The first kappa shape index (κ1) is 8.35. The number of hydrogen-bond donors (Lipinski definition) is 0. The van der Waals surface area contributed by atoms with Crippen molar-refractivity contribution in [3.8, 4) is 0 Å². The van der Waals surface area contributed by atoms with E-state index < -0.39 is 17.5 Å². The summed E-state index contributed by atoms with van der Waals surface area (Å²) in [4.78, 5) is 8.81. The minimum Gasteiger partial charge on any atom is -0.350 e. The van der Waals surface area contributed by atoms with E-state index in [1.807, 2.05) is 0 Å². The second-order valence-corrected chi connectivity index (χ2v) is 2.13. The van der Waals surface area contributed by atoms with Crippen molar-refractivity contribution >= 4 is 0 Å². The molecular formula is C5H8FNO4. The molecule has 0 aromatic carbocycles. The van der Waals surface area contributed by atoms with Gasteiger partial charge in [0, 0.05) is 0 Å². The van der Waals surface area contributed by atoms with E-state index in [4.69, 9.17) is 9.47 Å². The number of ether oxygens (including phenoxy) is 2. The topological polar surface area (TPSA) is 61.6 Å². The van der Waals surface area contributed by atoms with Crippen molar-refractivity contribution in [3.05, 3.63) is 10.1 Å². The van der Waals surface area contributed by atoms with Crippen LogP contribution in [0.25, 0.3) is 0 Å². The second kappa shape index (κ2) is 3.59. The maximum absolute atomic E-state index is 12.3. The monoisotopic (exact) mass is 165 g/mol. The van der Waals surface area contributed by atoms with E-state index in [2.05, 4.69) is 0 Å². The summed E-state index contributed by atoms with van der Waals surface area (Å²) >= 11 is 0. The van der Waals surface area contributed by atoms with Gasteiger partial charge in [0.2, 0.25) is 0 Å². The van der Waals surface area contributed by atoms with E-state index >= 15 is 0 Å². The summed E-state index contributed by atoms with van der Waals surface area (Å²) in [7, 11) is 0. The smallest absolute Gasteiger partial charge is 0.350 e. The summed E-state index contributed by atoms with van der Waals surface area (Å²) in [5, 5.41) is 9.81. The van der Waals surface area contributed by atoms with E-state index in [0.29, 0.717) is 13.2 Å². The Kier molecular flexibility index (Phi) is 2.72. The summed E-state index contributed by atoms with van der Waals surface area (Å²) in [6.07, 6.45) is -3.15. The van der Waals surface area contributed by atoms with Crippen LogP contribution in [0.3, 0.4) is 0 Å². The largest absolute Gasteiger partial charge is 0.354 e. The average Bonchev–Trinajstić information content (AvgIpc) is 2.39. The fraction of sp³-hybridized carbons (Fsp3) is 1.00. The van der Waals surface area contributed by atoms with Crippen molar-refractivity contribution in [2.45, 2.75) is 19.0 Å². The molecule has 6 heteroatoms. The molecule has 0 aromatic rings. The predicted octanol–water partition coefficient (Wildman–Crippen LogP) is 0.322. The minimum absolute atomic E-state index is 0.326. The first-order chi connectivity index (χ1) is 5.20. The molecule has 0 bridgehead atoms. The van der Waals surface area contributed by atoms with Crippen molar-refractivity contribution in [2.75, 3.05) is 13.2 Å². The van der Waals surface area contributed by atoms with Crippen molar-refractivity contribution in [1.29, 1.82) is 0 Å². The van der Waals surface area contributed by atoms with Crippen molar-refractivity contribution < 1.29 is 18.8 Å². The number of hydrogen-bond acceptors (Lipinski definition) is 4. The summed E-state index contributed by atoms with van der Waals surface area (Å²) in [5.74, 6) is 0. The number of rotatable bonds is 3. The van der Waals surface area contributed by atoms with Crippen LogP contribution in [-0.2, 0) is 9.47 Å². The molecule has 0 spiro atoms. The molecular weight excluding hydrogens is 157 g/mol. The Morgan fingerprint density at radius 3 is 2.64 bits per heavy atom. The molecule has 1 saturated heterocycles. The van der Waals surface area contributed by atoms with Crippen LogP contribution in [-0.4, -0.2) is 30.7 Å². The van der Waals surface area contributed by atoms with Gasteiger partial charge >= 0.3 is 6.30 Å². The standard InChI is InChI=1S/C5H8FNO4/c6-4(7(8)9)3-5-10-1-2-11-5/h4-5H,1-3H2. The van der Waals surface area contributed by atoms with Crippen molar-refractivity contribution in [2.24, 2.45) is 0 Å². The zero-order valence-corrected chi connectivity index (χ0v) is 5.73. The zero-order valence-electron chi connectivity index (χ0n) is 5.73. The van der Waals surface area contributed by atoms with Gasteiger partial charge in [-0.1, -0.05) is 0 Å². The third-order valence-electron chi connectivity index (χ3n) is 1.31. The van der Waals surface area contributed by atoms with Crippen LogP contribution in [0.15, 0.2) is 0 Å². The molecule has 0 saturated carbocycles. The van der Waals surface area contributed by atoms with E-state index in [1.54, 1.807) is 0 Å². The van der Waals surface area contributed by atoms with Crippen LogP contribution < -0.4 is 0 Å². The van der Waals surface area contributed by atoms with E-state index in [0.717, 1.165) is 0 Å². The van der Waals surface area contributed by atoms with Crippen LogP contribution in [0.4, 0.5) is 4.39 Å². The second-order valence-electron chi connectivity index (χ2n) is 2.13. The number of nitro groups is 1. The van der Waals surface area contributed by atoms with Crippen LogP contribution in [0.1, 0.15) is 6.42 Å². The Morgan fingerprint density at radius 1 is 1.64 bits per heavy atom. The van der Waals surface area contributed by atoms with Gasteiger partial charge in [-0.3, -0.25) is 10.1 Å². The molecule has 5 nitrogen and oxygen atoms in total. The summed E-state index contributed by atoms with van der Waals surface area (Å²) in [6.45, 7) is 0.768. The first-order valence-electron chi connectivity index (χ1n) is 3.21. The van der Waals surface area contributed by atoms with Gasteiger partial charge in [0.25, 0.3) is 0 Å². The van der Waals surface area contributed by atoms with Crippen LogP contribution in [0.5, 0.6) is 0 Å². The lowest BCUT2D eigenvalue weighted by Gasteiger charge is -2.06. The van der Waals surface area contributed by atoms with Gasteiger partial charge in [-0.15, -0.1) is 0 Å². The molecule has 0 amide bonds. The maximum Gasteiger partial charge on any atom is 0.354 e. The van der Waals surface area contributed by atoms with Crippen LogP contribution in [0, 0.1) is 10.1 Å². The summed E-state index contributed by atoms with van der Waals surface area (Å²) in [5.41, 5.74) is 0. The molecule has 1 atom stereocenters. The fourth-order valence-electron chi connectivity index (χ4n) is 0.788. The molecule has 1 heterocycles. The summed E-state index contributed by atoms with van der Waals surface area (Å²) in [6, 6.07) is 0.